The van der Waals surface area contributed by atoms with E-state index in [2.05, 4.69) is 9.88 Å². The van der Waals surface area contributed by atoms with Crippen LogP contribution in [0.25, 0.3) is 10.9 Å². The fourth-order valence-corrected chi connectivity index (χ4v) is 6.69. The molecule has 1 aromatic carbocycles. The van der Waals surface area contributed by atoms with Gasteiger partial charge < -0.3 is 14.7 Å². The number of carboxylic acid groups (broad SMARTS) is 1. The predicted octanol–water partition coefficient (Wildman–Crippen LogP) is 5.88. The molecule has 1 aliphatic heterocycles. The lowest BCUT2D eigenvalue weighted by Gasteiger charge is -2.36. The number of thiophene rings is 1. The lowest BCUT2D eigenvalue weighted by atomic mass is 9.81. The summed E-state index contributed by atoms with van der Waals surface area (Å²) in [6, 6.07) is 6.83. The Morgan fingerprint density at radius 3 is 2.91 bits per heavy atom. The molecule has 3 aromatic rings. The van der Waals surface area contributed by atoms with Gasteiger partial charge in [-0.25, -0.2) is 4.39 Å². The van der Waals surface area contributed by atoms with Crippen LogP contribution in [0, 0.1) is 17.7 Å². The van der Waals surface area contributed by atoms with Crippen LogP contribution in [-0.4, -0.2) is 59.2 Å². The molecule has 1 saturated heterocycles. The van der Waals surface area contributed by atoms with Gasteiger partial charge in [0.25, 0.3) is 0 Å². The summed E-state index contributed by atoms with van der Waals surface area (Å²) in [4.78, 5) is 31.7. The molecule has 2 unspecified atom stereocenters. The van der Waals surface area contributed by atoms with E-state index in [0.717, 1.165) is 23.1 Å². The fraction of sp³-hybridized carbons (Fsp3) is 0.400. The average molecular weight is 537 g/mol. The van der Waals surface area contributed by atoms with Gasteiger partial charge in [-0.2, -0.15) is 0 Å². The first kappa shape index (κ1) is 25.9. The van der Waals surface area contributed by atoms with Gasteiger partial charge in [-0.15, -0.1) is 23.1 Å². The molecular formula is C25H26ClFN2O4S2. The van der Waals surface area contributed by atoms with Gasteiger partial charge in [0.15, 0.2) is 5.78 Å². The van der Waals surface area contributed by atoms with Crippen molar-refractivity contribution < 1.29 is 23.8 Å². The van der Waals surface area contributed by atoms with Crippen LogP contribution in [0.1, 0.15) is 29.6 Å². The molecule has 0 aliphatic carbocycles. The number of methoxy groups -OCH3 is 1. The molecular weight excluding hydrogens is 511 g/mol. The topological polar surface area (TPSA) is 79.7 Å². The molecule has 1 N–H and O–H groups in total. The van der Waals surface area contributed by atoms with Gasteiger partial charge in [0.2, 0.25) is 0 Å². The van der Waals surface area contributed by atoms with E-state index in [4.69, 9.17) is 16.3 Å². The zero-order valence-electron chi connectivity index (χ0n) is 19.2. The smallest absolute Gasteiger partial charge is 0.308 e. The third-order valence-electron chi connectivity index (χ3n) is 6.40. The number of likely N-dealkylation sites (tertiary alicyclic amines) is 1. The van der Waals surface area contributed by atoms with Crippen molar-refractivity contribution in [1.29, 1.82) is 0 Å². The van der Waals surface area contributed by atoms with Crippen LogP contribution >= 0.6 is 34.7 Å². The Kier molecular flexibility index (Phi) is 8.64. The maximum Gasteiger partial charge on any atom is 0.308 e. The molecule has 2 aromatic heterocycles. The van der Waals surface area contributed by atoms with Crippen LogP contribution in [-0.2, 0) is 4.79 Å². The molecule has 0 saturated carbocycles. The lowest BCUT2D eigenvalue weighted by Crippen LogP contribution is -2.44. The van der Waals surface area contributed by atoms with Crippen molar-refractivity contribution in [2.75, 3.05) is 32.5 Å². The van der Waals surface area contributed by atoms with Gasteiger partial charge in [0.1, 0.15) is 11.6 Å². The van der Waals surface area contributed by atoms with Gasteiger partial charge in [-0.05, 0) is 49.6 Å². The number of carboxylic acids is 1. The molecule has 10 heteroatoms. The third kappa shape index (κ3) is 6.33. The molecule has 186 valence electrons. The highest BCUT2D eigenvalue weighted by molar-refractivity contribution is 8.01. The predicted molar refractivity (Wildman–Crippen MR) is 138 cm³/mol. The standard InChI is InChI=1S/C25H26ClFN2O4S2/c1-33-17-3-4-21-18(11-17)24(20(26)12-28-21)22(30)5-2-15-6-7-29(13-19(15)25(31)32)8-9-34-23-10-16(27)14-35-23/h3-4,10-12,14-15,19H,2,5-9,13H2,1H3,(H,31,32). The van der Waals surface area contributed by atoms with Gasteiger partial charge in [-0.3, -0.25) is 14.6 Å². The first-order valence-electron chi connectivity index (χ1n) is 11.3. The quantitative estimate of drug-likeness (QED) is 0.256. The number of hydrogen-bond donors (Lipinski definition) is 1. The van der Waals surface area contributed by atoms with E-state index in [1.807, 2.05) is 0 Å². The number of aliphatic carboxylic acids is 1. The number of carbonyl (C=O) groups is 2. The number of aromatic nitrogens is 1. The summed E-state index contributed by atoms with van der Waals surface area (Å²) in [5.41, 5.74) is 1.06. The van der Waals surface area contributed by atoms with Crippen molar-refractivity contribution in [2.24, 2.45) is 11.8 Å². The number of pyridine rings is 1. The fourth-order valence-electron chi connectivity index (χ4n) is 4.54. The number of thioether (sulfide) groups is 1. The number of Topliss-reactive ketones (excluding diaryl/α,β-unsaturated/α-hetero) is 1. The van der Waals surface area contributed by atoms with Crippen LogP contribution in [0.3, 0.4) is 0 Å². The first-order valence-corrected chi connectivity index (χ1v) is 13.6. The number of carbonyl (C=O) groups excluding carboxylic acids is 1. The number of ether oxygens (including phenoxy) is 1. The molecule has 3 heterocycles. The molecule has 1 aliphatic rings. The van der Waals surface area contributed by atoms with Crippen molar-refractivity contribution in [1.82, 2.24) is 9.88 Å². The highest BCUT2D eigenvalue weighted by atomic mass is 35.5. The van der Waals surface area contributed by atoms with Crippen LogP contribution in [0.2, 0.25) is 5.02 Å². The molecule has 6 nitrogen and oxygen atoms in total. The minimum Gasteiger partial charge on any atom is -0.497 e. The Balaban J connectivity index is 1.37. The van der Waals surface area contributed by atoms with Crippen molar-refractivity contribution in [3.8, 4) is 5.75 Å². The van der Waals surface area contributed by atoms with Gasteiger partial charge in [0.05, 0.1) is 27.8 Å². The molecule has 0 amide bonds. The second-order valence-corrected chi connectivity index (χ2v) is 11.3. The monoisotopic (exact) mass is 536 g/mol. The Morgan fingerprint density at radius 1 is 1.37 bits per heavy atom. The van der Waals surface area contributed by atoms with E-state index in [1.54, 1.807) is 37.1 Å². The first-order chi connectivity index (χ1) is 16.9. The van der Waals surface area contributed by atoms with E-state index in [-0.39, 0.29) is 29.0 Å². The Morgan fingerprint density at radius 2 is 2.20 bits per heavy atom. The zero-order valence-corrected chi connectivity index (χ0v) is 21.6. The summed E-state index contributed by atoms with van der Waals surface area (Å²) in [5.74, 6) is -0.431. The lowest BCUT2D eigenvalue weighted by molar-refractivity contribution is -0.146. The highest BCUT2D eigenvalue weighted by Gasteiger charge is 2.34. The summed E-state index contributed by atoms with van der Waals surface area (Å²) < 4.78 is 19.4. The zero-order chi connectivity index (χ0) is 24.9. The summed E-state index contributed by atoms with van der Waals surface area (Å²) in [6.45, 7) is 1.96. The van der Waals surface area contributed by atoms with Gasteiger partial charge in [0, 0.05) is 47.8 Å². The number of hydrogen-bond acceptors (Lipinski definition) is 7. The van der Waals surface area contributed by atoms with Crippen LogP contribution in [0.4, 0.5) is 4.39 Å². The second-order valence-electron chi connectivity index (χ2n) is 8.55. The van der Waals surface area contributed by atoms with E-state index in [9.17, 15) is 19.1 Å². The maximum atomic E-state index is 13.2. The highest BCUT2D eigenvalue weighted by Crippen LogP contribution is 2.33. The van der Waals surface area contributed by atoms with E-state index in [1.165, 1.54) is 29.0 Å². The molecule has 1 fully saturated rings. The van der Waals surface area contributed by atoms with E-state index >= 15 is 0 Å². The van der Waals surface area contributed by atoms with Crippen LogP contribution in [0.15, 0.2) is 40.1 Å². The van der Waals surface area contributed by atoms with Gasteiger partial charge in [-0.1, -0.05) is 11.6 Å². The SMILES string of the molecule is COc1ccc2ncc(Cl)c(C(=O)CCC3CCN(CCSc4cc(F)cs4)CC3C(=O)O)c2c1. The van der Waals surface area contributed by atoms with E-state index in [0.29, 0.717) is 41.6 Å². The van der Waals surface area contributed by atoms with Crippen molar-refractivity contribution >= 4 is 57.4 Å². The largest absolute Gasteiger partial charge is 0.497 e. The second kappa shape index (κ2) is 11.7. The number of piperidine rings is 1. The number of ketones is 1. The molecule has 0 radical (unpaired) electrons. The van der Waals surface area contributed by atoms with Crippen LogP contribution in [0.5, 0.6) is 5.75 Å². The number of nitrogens with zero attached hydrogens (tertiary/aromatic N) is 2. The average Bonchev–Trinajstić information content (AvgIpc) is 3.27. The molecule has 0 spiro atoms. The Hall–Kier alpha value is -2.20. The summed E-state index contributed by atoms with van der Waals surface area (Å²) in [5, 5.41) is 12.3. The number of fused-ring (bicyclic) bond motifs is 1. The number of rotatable bonds is 10. The maximum absolute atomic E-state index is 13.2. The molecule has 4 rings (SSSR count). The van der Waals surface area contributed by atoms with Crippen LogP contribution < -0.4 is 4.74 Å². The van der Waals surface area contributed by atoms with Crippen molar-refractivity contribution in [3.63, 3.8) is 0 Å². The summed E-state index contributed by atoms with van der Waals surface area (Å²) in [6.07, 6.45) is 2.88. The van der Waals surface area contributed by atoms with E-state index < -0.39 is 11.9 Å². The van der Waals surface area contributed by atoms with Gasteiger partial charge >= 0.3 is 5.97 Å². The third-order valence-corrected chi connectivity index (χ3v) is 8.81. The van der Waals surface area contributed by atoms with Crippen molar-refractivity contribution in [3.05, 3.63) is 52.2 Å². The van der Waals surface area contributed by atoms with Crippen molar-refractivity contribution in [2.45, 2.75) is 23.5 Å². The summed E-state index contributed by atoms with van der Waals surface area (Å²) in [7, 11) is 1.56. The minimum absolute atomic E-state index is 0.0897. The number of halogens is 2. The summed E-state index contributed by atoms with van der Waals surface area (Å²) >= 11 is 9.32. The minimum atomic E-state index is -0.836. The molecule has 35 heavy (non-hydrogen) atoms. The molecule has 0 bridgehead atoms. The number of benzene rings is 1. The normalized spacial score (nSPS) is 18.6. The molecule has 2 atom stereocenters. The Labute approximate surface area is 216 Å². The Bertz CT molecular complexity index is 1220.